The highest BCUT2D eigenvalue weighted by atomic mass is 16.5. The zero-order chi connectivity index (χ0) is 18.0. The van der Waals surface area contributed by atoms with Gasteiger partial charge in [0, 0.05) is 17.3 Å². The van der Waals surface area contributed by atoms with Crippen LogP contribution in [0.25, 0.3) is 0 Å². The number of carbonyl (C=O) groups is 1. The molecule has 25 heavy (non-hydrogen) atoms. The predicted octanol–water partition coefficient (Wildman–Crippen LogP) is 4.16. The summed E-state index contributed by atoms with van der Waals surface area (Å²) < 4.78 is 5.51. The van der Waals surface area contributed by atoms with E-state index in [1.807, 2.05) is 57.2 Å². The van der Waals surface area contributed by atoms with Crippen molar-refractivity contribution in [2.24, 2.45) is 0 Å². The lowest BCUT2D eigenvalue weighted by Gasteiger charge is -2.41. The van der Waals surface area contributed by atoms with Gasteiger partial charge in [-0.2, -0.15) is 0 Å². The molecule has 0 aliphatic carbocycles. The molecule has 5 heteroatoms. The van der Waals surface area contributed by atoms with Crippen molar-refractivity contribution in [2.45, 2.75) is 39.4 Å². The number of anilines is 1. The number of carbonyl (C=O) groups excluding carboxylic acids is 1. The lowest BCUT2D eigenvalue weighted by atomic mass is 10.00. The molecule has 0 saturated carbocycles. The standard InChI is InChI=1S/C20H24N2O3/c1-4-13(3)22-19(15-10-8-12-17(18(15)23)25-5-2)21-16-11-7-6-9-14(16)20(22)24/h6-13,19,21,23H,4-5H2,1-3H3/t13-,19+/m1/s1. The fourth-order valence-corrected chi connectivity index (χ4v) is 3.18. The maximum Gasteiger partial charge on any atom is 0.258 e. The molecule has 0 fully saturated rings. The van der Waals surface area contributed by atoms with Gasteiger partial charge in [-0.25, -0.2) is 0 Å². The average Bonchev–Trinajstić information content (AvgIpc) is 2.63. The van der Waals surface area contributed by atoms with Crippen molar-refractivity contribution in [1.29, 1.82) is 0 Å². The summed E-state index contributed by atoms with van der Waals surface area (Å²) in [4.78, 5) is 14.9. The van der Waals surface area contributed by atoms with E-state index in [2.05, 4.69) is 5.32 Å². The molecule has 1 amide bonds. The fraction of sp³-hybridized carbons (Fsp3) is 0.350. The highest BCUT2D eigenvalue weighted by molar-refractivity contribution is 6.02. The maximum atomic E-state index is 13.1. The SMILES string of the molecule is CCOc1cccc([C@H]2Nc3ccccc3C(=O)N2[C@H](C)CC)c1O. The van der Waals surface area contributed by atoms with E-state index in [-0.39, 0.29) is 17.7 Å². The number of rotatable bonds is 5. The number of phenolic OH excluding ortho intramolecular Hbond substituents is 1. The third-order valence-electron chi connectivity index (χ3n) is 4.65. The zero-order valence-electron chi connectivity index (χ0n) is 14.8. The summed E-state index contributed by atoms with van der Waals surface area (Å²) in [6, 6.07) is 12.9. The van der Waals surface area contributed by atoms with E-state index in [0.717, 1.165) is 12.1 Å². The number of ether oxygens (including phenoxy) is 1. The van der Waals surface area contributed by atoms with Crippen LogP contribution in [0.1, 0.15) is 49.3 Å². The van der Waals surface area contributed by atoms with E-state index in [1.165, 1.54) is 0 Å². The summed E-state index contributed by atoms with van der Waals surface area (Å²) >= 11 is 0. The Kier molecular flexibility index (Phi) is 4.83. The van der Waals surface area contributed by atoms with Crippen molar-refractivity contribution < 1.29 is 14.6 Å². The Hall–Kier alpha value is -2.69. The average molecular weight is 340 g/mol. The quantitative estimate of drug-likeness (QED) is 0.858. The van der Waals surface area contributed by atoms with Gasteiger partial charge < -0.3 is 20.1 Å². The number of aromatic hydroxyl groups is 1. The molecule has 0 spiro atoms. The minimum Gasteiger partial charge on any atom is -0.504 e. The Bertz CT molecular complexity index is 775. The van der Waals surface area contributed by atoms with Crippen LogP contribution in [-0.4, -0.2) is 28.6 Å². The van der Waals surface area contributed by atoms with E-state index in [0.29, 0.717) is 23.5 Å². The summed E-state index contributed by atoms with van der Waals surface area (Å²) in [7, 11) is 0. The number of benzene rings is 2. The van der Waals surface area contributed by atoms with E-state index < -0.39 is 6.17 Å². The fourth-order valence-electron chi connectivity index (χ4n) is 3.18. The van der Waals surface area contributed by atoms with Crippen molar-refractivity contribution in [1.82, 2.24) is 4.90 Å². The van der Waals surface area contributed by atoms with Crippen LogP contribution < -0.4 is 10.1 Å². The lowest BCUT2D eigenvalue weighted by Crippen LogP contribution is -2.47. The number of hydrogen-bond donors (Lipinski definition) is 2. The second kappa shape index (κ2) is 7.05. The lowest BCUT2D eigenvalue weighted by molar-refractivity contribution is 0.0591. The molecule has 2 aromatic rings. The molecule has 1 aliphatic heterocycles. The summed E-state index contributed by atoms with van der Waals surface area (Å²) in [6.45, 7) is 6.40. The molecule has 2 N–H and O–H groups in total. The first-order chi connectivity index (χ1) is 12.1. The summed E-state index contributed by atoms with van der Waals surface area (Å²) in [5.74, 6) is 0.467. The molecule has 1 aliphatic rings. The maximum absolute atomic E-state index is 13.1. The molecule has 1 heterocycles. The predicted molar refractivity (Wildman–Crippen MR) is 98.0 cm³/mol. The van der Waals surface area contributed by atoms with Crippen molar-refractivity contribution >= 4 is 11.6 Å². The first-order valence-corrected chi connectivity index (χ1v) is 8.71. The van der Waals surface area contributed by atoms with E-state index in [1.54, 1.807) is 11.0 Å². The Balaban J connectivity index is 2.10. The summed E-state index contributed by atoms with van der Waals surface area (Å²) in [5.41, 5.74) is 2.06. The van der Waals surface area contributed by atoms with E-state index >= 15 is 0 Å². The van der Waals surface area contributed by atoms with Crippen molar-refractivity contribution in [3.8, 4) is 11.5 Å². The van der Waals surface area contributed by atoms with Crippen molar-refractivity contribution in [3.05, 3.63) is 53.6 Å². The molecule has 2 aromatic carbocycles. The van der Waals surface area contributed by atoms with Crippen molar-refractivity contribution in [2.75, 3.05) is 11.9 Å². The number of amides is 1. The van der Waals surface area contributed by atoms with Gasteiger partial charge in [-0.05, 0) is 38.5 Å². The molecule has 2 atom stereocenters. The molecular weight excluding hydrogens is 316 g/mol. The molecule has 0 aromatic heterocycles. The second-order valence-electron chi connectivity index (χ2n) is 6.19. The van der Waals surface area contributed by atoms with Gasteiger partial charge in [0.15, 0.2) is 11.5 Å². The molecule has 0 saturated heterocycles. The van der Waals surface area contributed by atoms with Gasteiger partial charge in [0.1, 0.15) is 6.17 Å². The smallest absolute Gasteiger partial charge is 0.258 e. The van der Waals surface area contributed by atoms with Gasteiger partial charge in [0.25, 0.3) is 5.91 Å². The molecule has 0 bridgehead atoms. The summed E-state index contributed by atoms with van der Waals surface area (Å²) in [5, 5.41) is 14.1. The van der Waals surface area contributed by atoms with Gasteiger partial charge in [-0.1, -0.05) is 31.2 Å². The molecular formula is C20H24N2O3. The van der Waals surface area contributed by atoms with Gasteiger partial charge in [-0.15, -0.1) is 0 Å². The monoisotopic (exact) mass is 340 g/mol. The Morgan fingerprint density at radius 1 is 1.20 bits per heavy atom. The summed E-state index contributed by atoms with van der Waals surface area (Å²) in [6.07, 6.45) is 0.371. The van der Waals surface area contributed by atoms with Crippen LogP contribution in [0.15, 0.2) is 42.5 Å². The molecule has 0 unspecified atom stereocenters. The third-order valence-corrected chi connectivity index (χ3v) is 4.65. The van der Waals surface area contributed by atoms with Gasteiger partial charge in [-0.3, -0.25) is 4.79 Å². The first kappa shape index (κ1) is 17.1. The topological polar surface area (TPSA) is 61.8 Å². The Labute approximate surface area is 148 Å². The zero-order valence-corrected chi connectivity index (χ0v) is 14.8. The molecule has 5 nitrogen and oxygen atoms in total. The van der Waals surface area contributed by atoms with Crippen LogP contribution in [0.5, 0.6) is 11.5 Å². The van der Waals surface area contributed by atoms with Gasteiger partial charge >= 0.3 is 0 Å². The van der Waals surface area contributed by atoms with Crippen LogP contribution in [0, 0.1) is 0 Å². The molecule has 0 radical (unpaired) electrons. The minimum atomic E-state index is -0.447. The largest absolute Gasteiger partial charge is 0.504 e. The van der Waals surface area contributed by atoms with Crippen molar-refractivity contribution in [3.63, 3.8) is 0 Å². The molecule has 132 valence electrons. The number of para-hydroxylation sites is 2. The third kappa shape index (κ3) is 3.02. The van der Waals surface area contributed by atoms with Crippen LogP contribution in [-0.2, 0) is 0 Å². The Morgan fingerprint density at radius 2 is 1.96 bits per heavy atom. The molecule has 3 rings (SSSR count). The first-order valence-electron chi connectivity index (χ1n) is 8.71. The number of nitrogens with zero attached hydrogens (tertiary/aromatic N) is 1. The number of hydrogen-bond acceptors (Lipinski definition) is 4. The normalized spacial score (nSPS) is 17.6. The number of phenols is 1. The minimum absolute atomic E-state index is 0.0218. The van der Waals surface area contributed by atoms with Crippen LogP contribution >= 0.6 is 0 Å². The van der Waals surface area contributed by atoms with E-state index in [9.17, 15) is 9.90 Å². The van der Waals surface area contributed by atoms with E-state index in [4.69, 9.17) is 4.74 Å². The second-order valence-corrected chi connectivity index (χ2v) is 6.19. The van der Waals surface area contributed by atoms with Crippen LogP contribution in [0.4, 0.5) is 5.69 Å². The van der Waals surface area contributed by atoms with Crippen LogP contribution in [0.2, 0.25) is 0 Å². The highest BCUT2D eigenvalue weighted by Crippen LogP contribution is 2.41. The highest BCUT2D eigenvalue weighted by Gasteiger charge is 2.36. The van der Waals surface area contributed by atoms with Crippen LogP contribution in [0.3, 0.4) is 0 Å². The number of nitrogens with one attached hydrogen (secondary N) is 1. The Morgan fingerprint density at radius 3 is 2.68 bits per heavy atom. The number of fused-ring (bicyclic) bond motifs is 1. The van der Waals surface area contributed by atoms with Gasteiger partial charge in [0.2, 0.25) is 0 Å². The van der Waals surface area contributed by atoms with Gasteiger partial charge in [0.05, 0.1) is 12.2 Å².